The molecule has 0 aromatic heterocycles. The van der Waals surface area contributed by atoms with Gasteiger partial charge in [-0.3, -0.25) is 0 Å². The molecule has 1 aromatic carbocycles. The van der Waals surface area contributed by atoms with E-state index in [0.717, 1.165) is 6.42 Å². The minimum absolute atomic E-state index is 0.294. The lowest BCUT2D eigenvalue weighted by molar-refractivity contribution is -0.0181. The summed E-state index contributed by atoms with van der Waals surface area (Å²) in [5.74, 6) is 0. The van der Waals surface area contributed by atoms with Crippen molar-refractivity contribution >= 4 is 0 Å². The average Bonchev–Trinajstić information content (AvgIpc) is 2.28. The third-order valence-electron chi connectivity index (χ3n) is 2.44. The lowest BCUT2D eigenvalue weighted by Gasteiger charge is -2.29. The highest BCUT2D eigenvalue weighted by Gasteiger charge is 2.25. The summed E-state index contributed by atoms with van der Waals surface area (Å²) < 4.78 is 5.82. The molecule has 1 rings (SSSR count). The van der Waals surface area contributed by atoms with Crippen LogP contribution in [0.4, 0.5) is 0 Å². The molecule has 0 saturated carbocycles. The fraction of sp³-hybridized carbons (Fsp3) is 0.286. The van der Waals surface area contributed by atoms with Crippen LogP contribution >= 0.6 is 0 Å². The zero-order valence-electron chi connectivity index (χ0n) is 9.28. The van der Waals surface area contributed by atoms with Gasteiger partial charge in [-0.15, -0.1) is 13.2 Å². The quantitative estimate of drug-likeness (QED) is 0.639. The highest BCUT2D eigenvalue weighted by Crippen LogP contribution is 2.29. The van der Waals surface area contributed by atoms with E-state index in [2.05, 4.69) is 32.2 Å². The minimum atomic E-state index is -0.294. The van der Waals surface area contributed by atoms with Crippen LogP contribution in [-0.2, 0) is 10.3 Å². The van der Waals surface area contributed by atoms with Crippen LogP contribution in [0.25, 0.3) is 0 Å². The van der Waals surface area contributed by atoms with Gasteiger partial charge in [0.2, 0.25) is 0 Å². The number of rotatable bonds is 6. The molecule has 0 aliphatic rings. The van der Waals surface area contributed by atoms with Crippen molar-refractivity contribution in [2.45, 2.75) is 18.9 Å². The molecule has 1 heteroatoms. The molecule has 0 heterocycles. The smallest absolute Gasteiger partial charge is 0.0941 e. The Hall–Kier alpha value is -1.34. The first kappa shape index (κ1) is 11.7. The fourth-order valence-electron chi connectivity index (χ4n) is 1.57. The highest BCUT2D eigenvalue weighted by molar-refractivity contribution is 5.22. The number of ether oxygens (including phenoxy) is 1. The van der Waals surface area contributed by atoms with E-state index >= 15 is 0 Å². The van der Waals surface area contributed by atoms with Gasteiger partial charge in [0.15, 0.2) is 0 Å². The van der Waals surface area contributed by atoms with Crippen LogP contribution in [0.5, 0.6) is 0 Å². The third kappa shape index (κ3) is 3.07. The number of hydrogen-bond donors (Lipinski definition) is 0. The highest BCUT2D eigenvalue weighted by atomic mass is 16.5. The molecule has 0 aliphatic heterocycles. The molecule has 0 spiro atoms. The molecule has 80 valence electrons. The molecular weight excluding hydrogens is 184 g/mol. The predicted octanol–water partition coefficient (Wildman–Crippen LogP) is 3.68. The molecule has 0 amide bonds. The number of benzene rings is 1. The van der Waals surface area contributed by atoms with Gasteiger partial charge in [-0.05, 0) is 18.9 Å². The van der Waals surface area contributed by atoms with E-state index in [1.165, 1.54) is 5.56 Å². The van der Waals surface area contributed by atoms with E-state index in [0.29, 0.717) is 6.61 Å². The van der Waals surface area contributed by atoms with E-state index in [-0.39, 0.29) is 5.60 Å². The maximum atomic E-state index is 5.82. The van der Waals surface area contributed by atoms with Crippen LogP contribution in [0, 0.1) is 0 Å². The first-order valence-corrected chi connectivity index (χ1v) is 5.14. The predicted molar refractivity (Wildman–Crippen MR) is 64.8 cm³/mol. The normalized spacial score (nSPS) is 14.2. The second-order valence-electron chi connectivity index (χ2n) is 3.69. The maximum Gasteiger partial charge on any atom is 0.0941 e. The van der Waals surface area contributed by atoms with E-state index < -0.39 is 0 Å². The Kier molecular flexibility index (Phi) is 4.32. The van der Waals surface area contributed by atoms with Crippen molar-refractivity contribution in [3.05, 3.63) is 61.2 Å². The lowest BCUT2D eigenvalue weighted by Crippen LogP contribution is -2.25. The summed E-state index contributed by atoms with van der Waals surface area (Å²) in [5.41, 5.74) is 0.878. The zero-order chi connectivity index (χ0) is 11.1. The van der Waals surface area contributed by atoms with Gasteiger partial charge in [0.25, 0.3) is 0 Å². The Morgan fingerprint density at radius 3 is 2.40 bits per heavy atom. The van der Waals surface area contributed by atoms with Crippen molar-refractivity contribution in [3.63, 3.8) is 0 Å². The SMILES string of the molecule is C=CCO[C@@](C)(CC=C)c1ccccc1. The summed E-state index contributed by atoms with van der Waals surface area (Å²) in [6.45, 7) is 10.1. The van der Waals surface area contributed by atoms with E-state index in [1.807, 2.05) is 24.3 Å². The number of hydrogen-bond acceptors (Lipinski definition) is 1. The van der Waals surface area contributed by atoms with Crippen LogP contribution in [0.15, 0.2) is 55.6 Å². The summed E-state index contributed by atoms with van der Waals surface area (Å²) in [6, 6.07) is 10.2. The Labute approximate surface area is 92.1 Å². The van der Waals surface area contributed by atoms with Gasteiger partial charge in [0.05, 0.1) is 12.2 Å². The van der Waals surface area contributed by atoms with Gasteiger partial charge in [0.1, 0.15) is 0 Å². The maximum absolute atomic E-state index is 5.82. The Morgan fingerprint density at radius 2 is 1.87 bits per heavy atom. The van der Waals surface area contributed by atoms with Crippen LogP contribution in [0.2, 0.25) is 0 Å². The van der Waals surface area contributed by atoms with Crippen molar-refractivity contribution in [3.8, 4) is 0 Å². The van der Waals surface area contributed by atoms with Gasteiger partial charge < -0.3 is 4.74 Å². The largest absolute Gasteiger partial charge is 0.366 e. The Morgan fingerprint density at radius 1 is 1.20 bits per heavy atom. The molecule has 1 atom stereocenters. The summed E-state index contributed by atoms with van der Waals surface area (Å²) in [6.07, 6.45) is 4.45. The van der Waals surface area contributed by atoms with Crippen molar-refractivity contribution in [2.75, 3.05) is 6.61 Å². The van der Waals surface area contributed by atoms with Gasteiger partial charge >= 0.3 is 0 Å². The molecule has 0 N–H and O–H groups in total. The first-order chi connectivity index (χ1) is 7.23. The lowest BCUT2D eigenvalue weighted by atomic mass is 9.92. The monoisotopic (exact) mass is 202 g/mol. The van der Waals surface area contributed by atoms with Gasteiger partial charge in [0, 0.05) is 0 Å². The summed E-state index contributed by atoms with van der Waals surface area (Å²) in [7, 11) is 0. The van der Waals surface area contributed by atoms with E-state index in [1.54, 1.807) is 6.08 Å². The molecule has 1 aromatic rings. The molecule has 0 bridgehead atoms. The van der Waals surface area contributed by atoms with Crippen LogP contribution in [-0.4, -0.2) is 6.61 Å². The summed E-state index contributed by atoms with van der Waals surface area (Å²) in [5, 5.41) is 0. The average molecular weight is 202 g/mol. The van der Waals surface area contributed by atoms with Crippen molar-refractivity contribution in [2.24, 2.45) is 0 Å². The standard InChI is InChI=1S/C14H18O/c1-4-11-14(3,15-12-5-2)13-9-7-6-8-10-13/h4-10H,1-2,11-12H2,3H3/t14-/m0/s1. The Bertz CT molecular complexity index is 315. The topological polar surface area (TPSA) is 9.23 Å². The van der Waals surface area contributed by atoms with Gasteiger partial charge in [-0.25, -0.2) is 0 Å². The van der Waals surface area contributed by atoms with Crippen LogP contribution in [0.3, 0.4) is 0 Å². The minimum Gasteiger partial charge on any atom is -0.366 e. The van der Waals surface area contributed by atoms with Gasteiger partial charge in [-0.1, -0.05) is 42.5 Å². The van der Waals surface area contributed by atoms with Gasteiger partial charge in [-0.2, -0.15) is 0 Å². The fourth-order valence-corrected chi connectivity index (χ4v) is 1.57. The molecule has 1 nitrogen and oxygen atoms in total. The molecule has 0 radical (unpaired) electrons. The molecular formula is C14H18O. The second-order valence-corrected chi connectivity index (χ2v) is 3.69. The molecule has 0 fully saturated rings. The molecule has 15 heavy (non-hydrogen) atoms. The second kappa shape index (κ2) is 5.52. The molecule has 0 saturated heterocycles. The molecule has 0 unspecified atom stereocenters. The summed E-state index contributed by atoms with van der Waals surface area (Å²) >= 11 is 0. The Balaban J connectivity index is 2.89. The first-order valence-electron chi connectivity index (χ1n) is 5.14. The van der Waals surface area contributed by atoms with Crippen molar-refractivity contribution in [1.29, 1.82) is 0 Å². The van der Waals surface area contributed by atoms with E-state index in [9.17, 15) is 0 Å². The van der Waals surface area contributed by atoms with Crippen molar-refractivity contribution < 1.29 is 4.74 Å². The van der Waals surface area contributed by atoms with E-state index in [4.69, 9.17) is 4.74 Å². The zero-order valence-corrected chi connectivity index (χ0v) is 9.28. The third-order valence-corrected chi connectivity index (χ3v) is 2.44. The van der Waals surface area contributed by atoms with Crippen molar-refractivity contribution in [1.82, 2.24) is 0 Å². The van der Waals surface area contributed by atoms with Crippen LogP contribution in [0.1, 0.15) is 18.9 Å². The summed E-state index contributed by atoms with van der Waals surface area (Å²) in [4.78, 5) is 0. The van der Waals surface area contributed by atoms with Crippen LogP contribution < -0.4 is 0 Å². The molecule has 0 aliphatic carbocycles.